The third kappa shape index (κ3) is 6.07. The predicted molar refractivity (Wildman–Crippen MR) is 138 cm³/mol. The van der Waals surface area contributed by atoms with E-state index >= 15 is 0 Å². The fourth-order valence-electron chi connectivity index (χ4n) is 4.25. The molecule has 1 unspecified atom stereocenters. The maximum Gasteiger partial charge on any atom is 0.255 e. The van der Waals surface area contributed by atoms with Crippen LogP contribution in [0.3, 0.4) is 0 Å². The minimum absolute atomic E-state index is 0.115. The van der Waals surface area contributed by atoms with Crippen LogP contribution in [0, 0.1) is 3.57 Å². The maximum absolute atomic E-state index is 13.8. The van der Waals surface area contributed by atoms with E-state index in [1.807, 2.05) is 24.3 Å². The van der Waals surface area contributed by atoms with Crippen molar-refractivity contribution in [2.24, 2.45) is 0 Å². The SMILES string of the molecule is C=CCN(C(=O)c1ccccc1)C(C(=O)NC1CCCCC1)c1cc(OC)c(OC)cc1I. The fraction of sp³-hybridized carbons (Fsp3) is 0.385. The zero-order valence-corrected chi connectivity index (χ0v) is 21.3. The van der Waals surface area contributed by atoms with Gasteiger partial charge < -0.3 is 19.7 Å². The van der Waals surface area contributed by atoms with Crippen LogP contribution in [0.5, 0.6) is 11.5 Å². The first-order valence-corrected chi connectivity index (χ1v) is 12.3. The number of carbonyl (C=O) groups excluding carboxylic acids is 2. The van der Waals surface area contributed by atoms with Crippen LogP contribution in [0.15, 0.2) is 55.1 Å². The first kappa shape index (κ1) is 25.1. The summed E-state index contributed by atoms with van der Waals surface area (Å²) in [6, 6.07) is 11.9. The van der Waals surface area contributed by atoms with Gasteiger partial charge in [-0.15, -0.1) is 6.58 Å². The monoisotopic (exact) mass is 562 g/mol. The van der Waals surface area contributed by atoms with E-state index in [1.54, 1.807) is 43.4 Å². The number of amides is 2. The molecule has 1 N–H and O–H groups in total. The summed E-state index contributed by atoms with van der Waals surface area (Å²) in [6.45, 7) is 4.06. The summed E-state index contributed by atoms with van der Waals surface area (Å²) in [5.74, 6) is 0.652. The summed E-state index contributed by atoms with van der Waals surface area (Å²) in [5, 5.41) is 3.21. The third-order valence-electron chi connectivity index (χ3n) is 5.92. The lowest BCUT2D eigenvalue weighted by Gasteiger charge is -2.33. The summed E-state index contributed by atoms with van der Waals surface area (Å²) >= 11 is 2.18. The molecule has 0 saturated heterocycles. The van der Waals surface area contributed by atoms with Crippen LogP contribution >= 0.6 is 22.6 Å². The number of rotatable bonds is 9. The van der Waals surface area contributed by atoms with Gasteiger partial charge in [0.25, 0.3) is 5.91 Å². The van der Waals surface area contributed by atoms with Gasteiger partial charge in [-0.3, -0.25) is 9.59 Å². The summed E-state index contributed by atoms with van der Waals surface area (Å²) in [6.07, 6.45) is 6.95. The molecular weight excluding hydrogens is 531 g/mol. The lowest BCUT2D eigenvalue weighted by atomic mass is 9.94. The van der Waals surface area contributed by atoms with Crippen LogP contribution < -0.4 is 14.8 Å². The number of nitrogens with zero attached hydrogens (tertiary/aromatic N) is 1. The second kappa shape index (κ2) is 12.1. The molecule has 3 rings (SSSR count). The van der Waals surface area contributed by atoms with Crippen molar-refractivity contribution in [1.29, 1.82) is 0 Å². The van der Waals surface area contributed by atoms with Crippen molar-refractivity contribution in [3.63, 3.8) is 0 Å². The molecule has 6 nitrogen and oxygen atoms in total. The van der Waals surface area contributed by atoms with Gasteiger partial charge in [-0.2, -0.15) is 0 Å². The molecule has 2 amide bonds. The molecule has 1 aliphatic rings. The Balaban J connectivity index is 2.07. The Bertz CT molecular complexity index is 974. The van der Waals surface area contributed by atoms with E-state index in [0.29, 0.717) is 22.6 Å². The van der Waals surface area contributed by atoms with Gasteiger partial charge in [0.05, 0.1) is 14.2 Å². The van der Waals surface area contributed by atoms with Crippen molar-refractivity contribution in [3.8, 4) is 11.5 Å². The second-order valence-electron chi connectivity index (χ2n) is 8.09. The molecule has 0 heterocycles. The Labute approximate surface area is 209 Å². The maximum atomic E-state index is 13.8. The molecule has 176 valence electrons. The molecule has 0 aromatic heterocycles. The third-order valence-corrected chi connectivity index (χ3v) is 6.85. The highest BCUT2D eigenvalue weighted by molar-refractivity contribution is 14.1. The van der Waals surface area contributed by atoms with Crippen molar-refractivity contribution in [2.75, 3.05) is 20.8 Å². The molecular formula is C26H31IN2O4. The highest BCUT2D eigenvalue weighted by Gasteiger charge is 2.34. The molecule has 1 atom stereocenters. The highest BCUT2D eigenvalue weighted by Crippen LogP contribution is 2.37. The fourth-order valence-corrected chi connectivity index (χ4v) is 4.98. The zero-order chi connectivity index (χ0) is 23.8. The lowest BCUT2D eigenvalue weighted by Crippen LogP contribution is -2.47. The number of hydrogen-bond donors (Lipinski definition) is 1. The molecule has 0 aliphatic heterocycles. The van der Waals surface area contributed by atoms with Crippen molar-refractivity contribution in [2.45, 2.75) is 44.2 Å². The molecule has 0 bridgehead atoms. The van der Waals surface area contributed by atoms with Crippen LogP contribution in [0.4, 0.5) is 0 Å². The van der Waals surface area contributed by atoms with Crippen LogP contribution in [-0.2, 0) is 4.79 Å². The van der Waals surface area contributed by atoms with Crippen LogP contribution in [-0.4, -0.2) is 43.5 Å². The van der Waals surface area contributed by atoms with Gasteiger partial charge in [-0.25, -0.2) is 0 Å². The van der Waals surface area contributed by atoms with Gasteiger partial charge in [-0.1, -0.05) is 43.5 Å². The van der Waals surface area contributed by atoms with E-state index < -0.39 is 6.04 Å². The summed E-state index contributed by atoms with van der Waals surface area (Å²) in [7, 11) is 3.13. The molecule has 2 aromatic carbocycles. The van der Waals surface area contributed by atoms with Gasteiger partial charge >= 0.3 is 0 Å². The predicted octanol–water partition coefficient (Wildman–Crippen LogP) is 5.13. The standard InChI is InChI=1S/C26H31IN2O4/c1-4-15-29(26(31)18-11-7-5-8-12-18)24(25(30)28-19-13-9-6-10-14-19)20-16-22(32-2)23(33-3)17-21(20)27/h4-5,7-8,11-12,16-17,19,24H,1,6,9-10,13-15H2,2-3H3,(H,28,30). The molecule has 7 heteroatoms. The van der Waals surface area contributed by atoms with Gasteiger partial charge in [0.1, 0.15) is 6.04 Å². The summed E-state index contributed by atoms with van der Waals surface area (Å²) in [4.78, 5) is 28.9. The number of nitrogens with one attached hydrogen (secondary N) is 1. The summed E-state index contributed by atoms with van der Waals surface area (Å²) in [5.41, 5.74) is 1.21. The normalized spacial score (nSPS) is 14.8. The molecule has 2 aromatic rings. The molecule has 0 radical (unpaired) electrons. The number of halogens is 1. The Kier molecular flexibility index (Phi) is 9.17. The van der Waals surface area contributed by atoms with Gasteiger partial charge in [0.15, 0.2) is 11.5 Å². The first-order valence-electron chi connectivity index (χ1n) is 11.2. The van der Waals surface area contributed by atoms with Crippen molar-refractivity contribution >= 4 is 34.4 Å². The first-order chi connectivity index (χ1) is 16.0. The quantitative estimate of drug-likeness (QED) is 0.340. The minimum Gasteiger partial charge on any atom is -0.493 e. The van der Waals surface area contributed by atoms with E-state index in [0.717, 1.165) is 29.3 Å². The Hall–Kier alpha value is -2.55. The topological polar surface area (TPSA) is 67.9 Å². The highest BCUT2D eigenvalue weighted by atomic mass is 127. The van der Waals surface area contributed by atoms with Crippen molar-refractivity contribution in [1.82, 2.24) is 10.2 Å². The van der Waals surface area contributed by atoms with E-state index in [4.69, 9.17) is 9.47 Å². The molecule has 0 spiro atoms. The Morgan fingerprint density at radius 3 is 2.36 bits per heavy atom. The van der Waals surface area contributed by atoms with Crippen LogP contribution in [0.1, 0.15) is 54.1 Å². The van der Waals surface area contributed by atoms with Crippen molar-refractivity contribution in [3.05, 3.63) is 69.8 Å². The zero-order valence-electron chi connectivity index (χ0n) is 19.2. The second-order valence-corrected chi connectivity index (χ2v) is 9.25. The minimum atomic E-state index is -0.843. The van der Waals surface area contributed by atoms with Crippen LogP contribution in [0.25, 0.3) is 0 Å². The lowest BCUT2D eigenvalue weighted by molar-refractivity contribution is -0.126. The van der Waals surface area contributed by atoms with Gasteiger partial charge in [0, 0.05) is 27.3 Å². The number of methoxy groups -OCH3 is 2. The number of ether oxygens (including phenoxy) is 2. The van der Waals surface area contributed by atoms with Gasteiger partial charge in [-0.05, 0) is 59.7 Å². The van der Waals surface area contributed by atoms with Gasteiger partial charge in [0.2, 0.25) is 5.91 Å². The number of hydrogen-bond acceptors (Lipinski definition) is 4. The molecule has 1 aliphatic carbocycles. The summed E-state index contributed by atoms with van der Waals surface area (Å²) < 4.78 is 11.8. The average molecular weight is 562 g/mol. The largest absolute Gasteiger partial charge is 0.493 e. The number of benzene rings is 2. The van der Waals surface area contributed by atoms with Crippen molar-refractivity contribution < 1.29 is 19.1 Å². The van der Waals surface area contributed by atoms with E-state index in [2.05, 4.69) is 34.5 Å². The van der Waals surface area contributed by atoms with E-state index in [1.165, 1.54) is 6.42 Å². The Morgan fingerprint density at radius 1 is 1.12 bits per heavy atom. The van der Waals surface area contributed by atoms with Crippen LogP contribution in [0.2, 0.25) is 0 Å². The molecule has 1 fully saturated rings. The average Bonchev–Trinajstić information content (AvgIpc) is 2.85. The number of carbonyl (C=O) groups is 2. The van der Waals surface area contributed by atoms with E-state index in [9.17, 15) is 9.59 Å². The van der Waals surface area contributed by atoms with E-state index in [-0.39, 0.29) is 24.4 Å². The molecule has 33 heavy (non-hydrogen) atoms. The smallest absolute Gasteiger partial charge is 0.255 e. The Morgan fingerprint density at radius 2 is 1.76 bits per heavy atom. The molecule has 1 saturated carbocycles.